The summed E-state index contributed by atoms with van der Waals surface area (Å²) in [7, 11) is 1.71. The van der Waals surface area contributed by atoms with Crippen molar-refractivity contribution >= 4 is 5.97 Å². The van der Waals surface area contributed by atoms with E-state index in [0.717, 1.165) is 0 Å². The topological polar surface area (TPSA) is 35.5 Å². The lowest BCUT2D eigenvalue weighted by Crippen LogP contribution is -2.40. The van der Waals surface area contributed by atoms with Gasteiger partial charge in [-0.15, -0.1) is 0 Å². The molecule has 1 atom stereocenters. The van der Waals surface area contributed by atoms with Gasteiger partial charge in [0.1, 0.15) is 0 Å². The number of hydrogen-bond donors (Lipinski definition) is 0. The van der Waals surface area contributed by atoms with Crippen LogP contribution in [0.4, 0.5) is 0 Å². The summed E-state index contributed by atoms with van der Waals surface area (Å²) in [6, 6.07) is 0. The third-order valence-electron chi connectivity index (χ3n) is 2.69. The lowest BCUT2D eigenvalue weighted by Gasteiger charge is -2.35. The number of methoxy groups -OCH3 is 1. The van der Waals surface area contributed by atoms with Crippen LogP contribution in [0.25, 0.3) is 0 Å². The Balaban J connectivity index is 4.38. The predicted molar refractivity (Wildman–Crippen MR) is 65.2 cm³/mol. The van der Waals surface area contributed by atoms with Gasteiger partial charge < -0.3 is 9.47 Å². The van der Waals surface area contributed by atoms with Gasteiger partial charge in [-0.1, -0.05) is 41.5 Å². The predicted octanol–water partition coefficient (Wildman–Crippen LogP) is 2.88. The van der Waals surface area contributed by atoms with Crippen LogP contribution < -0.4 is 0 Å². The monoisotopic (exact) mass is 230 g/mol. The van der Waals surface area contributed by atoms with Crippen LogP contribution >= 0.6 is 0 Å². The molecule has 0 radical (unpaired) electrons. The summed E-state index contributed by atoms with van der Waals surface area (Å²) in [6.07, 6.45) is 0.0902. The van der Waals surface area contributed by atoms with Crippen LogP contribution in [0.3, 0.4) is 0 Å². The zero-order valence-corrected chi connectivity index (χ0v) is 11.7. The molecule has 0 bridgehead atoms. The molecule has 0 aliphatic rings. The number of hydrogen-bond acceptors (Lipinski definition) is 3. The zero-order valence-electron chi connectivity index (χ0n) is 11.7. The summed E-state index contributed by atoms with van der Waals surface area (Å²) < 4.78 is 10.8. The van der Waals surface area contributed by atoms with Gasteiger partial charge in [-0.2, -0.15) is 0 Å². The van der Waals surface area contributed by atoms with Crippen molar-refractivity contribution in [2.45, 2.75) is 47.6 Å². The molecule has 0 N–H and O–H groups in total. The van der Waals surface area contributed by atoms with E-state index in [-0.39, 0.29) is 23.4 Å². The summed E-state index contributed by atoms with van der Waals surface area (Å²) in [5.74, 6) is 0.181. The first-order valence-corrected chi connectivity index (χ1v) is 5.91. The Hall–Kier alpha value is -0.570. The maximum atomic E-state index is 11.4. The number of esters is 1. The maximum absolute atomic E-state index is 11.4. The third-order valence-corrected chi connectivity index (χ3v) is 2.69. The highest BCUT2D eigenvalue weighted by atomic mass is 16.5. The number of rotatable bonds is 6. The lowest BCUT2D eigenvalue weighted by atomic mass is 9.81. The van der Waals surface area contributed by atoms with Gasteiger partial charge in [-0.05, 0) is 5.92 Å². The Bertz CT molecular complexity index is 219. The van der Waals surface area contributed by atoms with Crippen LogP contribution in [0.15, 0.2) is 0 Å². The molecule has 0 aromatic rings. The fourth-order valence-electron chi connectivity index (χ4n) is 2.00. The Morgan fingerprint density at radius 2 is 1.69 bits per heavy atom. The first kappa shape index (κ1) is 15.4. The van der Waals surface area contributed by atoms with Crippen LogP contribution in [0, 0.1) is 17.3 Å². The van der Waals surface area contributed by atoms with Gasteiger partial charge in [0.05, 0.1) is 18.6 Å². The summed E-state index contributed by atoms with van der Waals surface area (Å²) in [5, 5.41) is 0. The molecule has 96 valence electrons. The van der Waals surface area contributed by atoms with E-state index in [1.807, 2.05) is 13.8 Å². The van der Waals surface area contributed by atoms with Crippen molar-refractivity contribution in [3.8, 4) is 0 Å². The first-order chi connectivity index (χ1) is 7.22. The van der Waals surface area contributed by atoms with Crippen LogP contribution in [0.5, 0.6) is 0 Å². The Labute approximate surface area is 99.5 Å². The van der Waals surface area contributed by atoms with Crippen LogP contribution in [0.2, 0.25) is 0 Å². The normalized spacial score (nSPS) is 14.3. The second kappa shape index (κ2) is 6.24. The molecule has 0 saturated carbocycles. The van der Waals surface area contributed by atoms with Gasteiger partial charge in [0.15, 0.2) is 0 Å². The van der Waals surface area contributed by atoms with Crippen LogP contribution in [-0.4, -0.2) is 25.8 Å². The van der Waals surface area contributed by atoms with E-state index in [1.165, 1.54) is 0 Å². The van der Waals surface area contributed by atoms with E-state index in [9.17, 15) is 4.79 Å². The quantitative estimate of drug-likeness (QED) is 0.658. The molecular formula is C13H26O3. The zero-order chi connectivity index (χ0) is 12.9. The molecule has 0 aromatic heterocycles. The molecule has 0 spiro atoms. The molecule has 0 rings (SSSR count). The number of carbonyl (C=O) groups excluding carboxylic acids is 1. The van der Waals surface area contributed by atoms with E-state index >= 15 is 0 Å². The molecule has 3 nitrogen and oxygen atoms in total. The number of ether oxygens (including phenoxy) is 2. The van der Waals surface area contributed by atoms with Crippen molar-refractivity contribution in [2.75, 3.05) is 13.7 Å². The minimum atomic E-state index is -0.159. The first-order valence-electron chi connectivity index (χ1n) is 5.91. The average Bonchev–Trinajstić information content (AvgIpc) is 2.13. The van der Waals surface area contributed by atoms with Gasteiger partial charge in [0.2, 0.25) is 0 Å². The molecule has 0 fully saturated rings. The van der Waals surface area contributed by atoms with Crippen molar-refractivity contribution < 1.29 is 14.3 Å². The summed E-state index contributed by atoms with van der Waals surface area (Å²) in [5.41, 5.74) is -0.159. The molecule has 0 aliphatic heterocycles. The Morgan fingerprint density at radius 1 is 1.19 bits per heavy atom. The second-order valence-electron chi connectivity index (χ2n) is 5.65. The van der Waals surface area contributed by atoms with Gasteiger partial charge >= 0.3 is 5.97 Å². The molecule has 0 aromatic carbocycles. The van der Waals surface area contributed by atoms with E-state index in [1.54, 1.807) is 7.11 Å². The van der Waals surface area contributed by atoms with Gasteiger partial charge in [0.25, 0.3) is 0 Å². The molecule has 0 amide bonds. The average molecular weight is 230 g/mol. The van der Waals surface area contributed by atoms with Crippen molar-refractivity contribution in [1.82, 2.24) is 0 Å². The highest BCUT2D eigenvalue weighted by molar-refractivity contribution is 5.71. The fourth-order valence-corrected chi connectivity index (χ4v) is 2.00. The van der Waals surface area contributed by atoms with Crippen molar-refractivity contribution in [1.29, 1.82) is 0 Å². The highest BCUT2D eigenvalue weighted by Crippen LogP contribution is 2.29. The molecule has 0 saturated heterocycles. The van der Waals surface area contributed by atoms with Gasteiger partial charge in [-0.3, -0.25) is 4.79 Å². The van der Waals surface area contributed by atoms with Crippen molar-refractivity contribution in [3.05, 3.63) is 0 Å². The summed E-state index contributed by atoms with van der Waals surface area (Å²) in [6.45, 7) is 12.4. The molecule has 1 unspecified atom stereocenters. The van der Waals surface area contributed by atoms with Crippen LogP contribution in [0.1, 0.15) is 41.5 Å². The third kappa shape index (κ3) is 4.52. The van der Waals surface area contributed by atoms with E-state index in [2.05, 4.69) is 27.7 Å². The Morgan fingerprint density at radius 3 is 2.00 bits per heavy atom. The minimum absolute atomic E-state index is 0.0733. The highest BCUT2D eigenvalue weighted by Gasteiger charge is 2.33. The number of carbonyl (C=O) groups is 1. The SMILES string of the molecule is COC(C(C)C)C(C)(C)COC(=O)C(C)C. The molecule has 16 heavy (non-hydrogen) atoms. The van der Waals surface area contributed by atoms with E-state index in [4.69, 9.17) is 9.47 Å². The maximum Gasteiger partial charge on any atom is 0.308 e. The Kier molecular flexibility index (Phi) is 6.01. The molecule has 3 heteroatoms. The van der Waals surface area contributed by atoms with Gasteiger partial charge in [-0.25, -0.2) is 0 Å². The molecular weight excluding hydrogens is 204 g/mol. The van der Waals surface area contributed by atoms with Gasteiger partial charge in [0, 0.05) is 12.5 Å². The smallest absolute Gasteiger partial charge is 0.308 e. The molecule has 0 heterocycles. The molecule has 0 aliphatic carbocycles. The lowest BCUT2D eigenvalue weighted by molar-refractivity contribution is -0.154. The minimum Gasteiger partial charge on any atom is -0.465 e. The van der Waals surface area contributed by atoms with Crippen molar-refractivity contribution in [2.24, 2.45) is 17.3 Å². The van der Waals surface area contributed by atoms with E-state index in [0.29, 0.717) is 12.5 Å². The standard InChI is InChI=1S/C13H26O3/c1-9(2)11(15-7)13(5,6)8-16-12(14)10(3)4/h9-11H,8H2,1-7H3. The van der Waals surface area contributed by atoms with E-state index < -0.39 is 0 Å². The summed E-state index contributed by atoms with van der Waals surface area (Å²) >= 11 is 0. The largest absolute Gasteiger partial charge is 0.465 e. The second-order valence-corrected chi connectivity index (χ2v) is 5.65. The fraction of sp³-hybridized carbons (Fsp3) is 0.923. The van der Waals surface area contributed by atoms with Crippen LogP contribution in [-0.2, 0) is 14.3 Å². The van der Waals surface area contributed by atoms with Crippen molar-refractivity contribution in [3.63, 3.8) is 0 Å². The summed E-state index contributed by atoms with van der Waals surface area (Å²) in [4.78, 5) is 11.4.